The van der Waals surface area contributed by atoms with Crippen molar-refractivity contribution in [3.63, 3.8) is 0 Å². The third-order valence-corrected chi connectivity index (χ3v) is 5.40. The molecule has 144 valence electrons. The second-order valence-corrected chi connectivity index (χ2v) is 8.16. The Morgan fingerprint density at radius 1 is 1.15 bits per heavy atom. The topological polar surface area (TPSA) is 110 Å². The number of hydrogen-bond acceptors (Lipinski definition) is 5. The minimum absolute atomic E-state index is 0.0504. The summed E-state index contributed by atoms with van der Waals surface area (Å²) < 4.78 is 25.4. The minimum atomic E-state index is -3.86. The van der Waals surface area contributed by atoms with Crippen LogP contribution in [0.3, 0.4) is 0 Å². The van der Waals surface area contributed by atoms with Gasteiger partial charge in [0.15, 0.2) is 0 Å². The molecular formula is C18H21N3O5S. The van der Waals surface area contributed by atoms with Gasteiger partial charge in [-0.25, -0.2) is 8.42 Å². The third-order valence-electron chi connectivity index (χ3n) is 4.16. The van der Waals surface area contributed by atoms with Gasteiger partial charge in [0.25, 0.3) is 5.69 Å². The van der Waals surface area contributed by atoms with Crippen molar-refractivity contribution < 1.29 is 18.1 Å². The molecule has 27 heavy (non-hydrogen) atoms. The zero-order chi connectivity index (χ0) is 20.4. The van der Waals surface area contributed by atoms with Crippen LogP contribution in [0.4, 0.5) is 17.1 Å². The second kappa shape index (κ2) is 7.75. The summed E-state index contributed by atoms with van der Waals surface area (Å²) in [6.45, 7) is 5.27. The SMILES string of the molecule is Cc1ccc(NC(=O)[C@H](C)N(c2cccc([N+](=O)[O-])c2)S(C)(=O)=O)cc1C. The Hall–Kier alpha value is -2.94. The number of rotatable bonds is 6. The molecule has 1 amide bonds. The average Bonchev–Trinajstić information content (AvgIpc) is 2.57. The molecule has 8 nitrogen and oxygen atoms in total. The van der Waals surface area contributed by atoms with Crippen LogP contribution in [0.5, 0.6) is 0 Å². The molecule has 0 aliphatic heterocycles. The number of nitrogens with zero attached hydrogens (tertiary/aromatic N) is 2. The summed E-state index contributed by atoms with van der Waals surface area (Å²) >= 11 is 0. The van der Waals surface area contributed by atoms with Crippen LogP contribution < -0.4 is 9.62 Å². The molecule has 0 bridgehead atoms. The molecule has 1 atom stereocenters. The maximum Gasteiger partial charge on any atom is 0.271 e. The first-order chi connectivity index (χ1) is 12.5. The lowest BCUT2D eigenvalue weighted by molar-refractivity contribution is -0.384. The van der Waals surface area contributed by atoms with Crippen molar-refractivity contribution in [1.82, 2.24) is 0 Å². The van der Waals surface area contributed by atoms with Crippen LogP contribution in [0.15, 0.2) is 42.5 Å². The number of anilines is 2. The van der Waals surface area contributed by atoms with Gasteiger partial charge in [-0.3, -0.25) is 19.2 Å². The highest BCUT2D eigenvalue weighted by atomic mass is 32.2. The normalized spacial score (nSPS) is 12.3. The zero-order valence-corrected chi connectivity index (χ0v) is 16.3. The number of benzene rings is 2. The summed E-state index contributed by atoms with van der Waals surface area (Å²) in [5.74, 6) is -0.546. The fourth-order valence-corrected chi connectivity index (χ4v) is 3.79. The average molecular weight is 391 g/mol. The highest BCUT2D eigenvalue weighted by Crippen LogP contribution is 2.26. The number of non-ortho nitro benzene ring substituents is 1. The van der Waals surface area contributed by atoms with Crippen LogP contribution in [0.2, 0.25) is 0 Å². The van der Waals surface area contributed by atoms with Gasteiger partial charge in [-0.05, 0) is 50.1 Å². The minimum Gasteiger partial charge on any atom is -0.324 e. The van der Waals surface area contributed by atoms with Crippen molar-refractivity contribution in [1.29, 1.82) is 0 Å². The molecule has 9 heteroatoms. The molecule has 1 N–H and O–H groups in total. The first-order valence-corrected chi connectivity index (χ1v) is 9.97. The van der Waals surface area contributed by atoms with Crippen molar-refractivity contribution in [2.24, 2.45) is 0 Å². The number of carbonyl (C=O) groups excluding carboxylic acids is 1. The van der Waals surface area contributed by atoms with Gasteiger partial charge in [-0.15, -0.1) is 0 Å². The fraction of sp³-hybridized carbons (Fsp3) is 0.278. The van der Waals surface area contributed by atoms with Crippen molar-refractivity contribution in [2.75, 3.05) is 15.9 Å². The second-order valence-electron chi connectivity index (χ2n) is 6.30. The third kappa shape index (κ3) is 4.82. The van der Waals surface area contributed by atoms with E-state index in [4.69, 9.17) is 0 Å². The van der Waals surface area contributed by atoms with Gasteiger partial charge in [-0.2, -0.15) is 0 Å². The van der Waals surface area contributed by atoms with E-state index in [1.54, 1.807) is 12.1 Å². The Morgan fingerprint density at radius 2 is 1.81 bits per heavy atom. The van der Waals surface area contributed by atoms with Crippen molar-refractivity contribution >= 4 is 33.0 Å². The van der Waals surface area contributed by atoms with Crippen molar-refractivity contribution in [2.45, 2.75) is 26.8 Å². The van der Waals surface area contributed by atoms with E-state index < -0.39 is 26.9 Å². The van der Waals surface area contributed by atoms with E-state index >= 15 is 0 Å². The molecule has 0 spiro atoms. The largest absolute Gasteiger partial charge is 0.324 e. The molecule has 0 saturated carbocycles. The molecule has 0 saturated heterocycles. The van der Waals surface area contributed by atoms with Crippen LogP contribution in [0.1, 0.15) is 18.1 Å². The van der Waals surface area contributed by atoms with Crippen molar-refractivity contribution in [3.05, 3.63) is 63.7 Å². The van der Waals surface area contributed by atoms with Gasteiger partial charge in [0.05, 0.1) is 16.9 Å². The quantitative estimate of drug-likeness (QED) is 0.601. The van der Waals surface area contributed by atoms with E-state index in [0.29, 0.717) is 5.69 Å². The summed E-state index contributed by atoms with van der Waals surface area (Å²) in [6.07, 6.45) is 0.950. The van der Waals surface area contributed by atoms with Crippen LogP contribution in [-0.4, -0.2) is 31.5 Å². The Kier molecular flexibility index (Phi) is 5.85. The monoisotopic (exact) mass is 391 g/mol. The lowest BCUT2D eigenvalue weighted by Crippen LogP contribution is -2.45. The predicted octanol–water partition coefficient (Wildman–Crippen LogP) is 3.00. The molecule has 2 aromatic rings. The summed E-state index contributed by atoms with van der Waals surface area (Å²) in [5, 5.41) is 13.7. The van der Waals surface area contributed by atoms with Crippen LogP contribution in [-0.2, 0) is 14.8 Å². The molecule has 0 radical (unpaired) electrons. The molecule has 0 aliphatic rings. The Morgan fingerprint density at radius 3 is 2.37 bits per heavy atom. The van der Waals surface area contributed by atoms with Gasteiger partial charge in [-0.1, -0.05) is 12.1 Å². The zero-order valence-electron chi connectivity index (χ0n) is 15.5. The lowest BCUT2D eigenvalue weighted by Gasteiger charge is -2.28. The number of aryl methyl sites for hydroxylation is 2. The number of amides is 1. The van der Waals surface area contributed by atoms with E-state index in [9.17, 15) is 23.3 Å². The number of carbonyl (C=O) groups is 1. The number of nitro benzene ring substituents is 1. The van der Waals surface area contributed by atoms with E-state index in [2.05, 4.69) is 5.32 Å². The molecule has 0 fully saturated rings. The van der Waals surface area contributed by atoms with Gasteiger partial charge in [0, 0.05) is 17.8 Å². The highest BCUT2D eigenvalue weighted by molar-refractivity contribution is 7.92. The summed E-state index contributed by atoms with van der Waals surface area (Å²) in [7, 11) is -3.86. The lowest BCUT2D eigenvalue weighted by atomic mass is 10.1. The number of hydrogen-bond donors (Lipinski definition) is 1. The summed E-state index contributed by atoms with van der Waals surface area (Å²) in [6, 6.07) is 9.43. The van der Waals surface area contributed by atoms with Crippen LogP contribution >= 0.6 is 0 Å². The van der Waals surface area contributed by atoms with Crippen molar-refractivity contribution in [3.8, 4) is 0 Å². The van der Waals surface area contributed by atoms with E-state index in [1.165, 1.54) is 25.1 Å². The first kappa shape index (κ1) is 20.4. The molecule has 0 aliphatic carbocycles. The molecule has 0 aromatic heterocycles. The fourth-order valence-electron chi connectivity index (χ4n) is 2.62. The number of sulfonamides is 1. The first-order valence-electron chi connectivity index (χ1n) is 8.12. The maximum atomic E-state index is 12.6. The van der Waals surface area contributed by atoms with Gasteiger partial charge in [0.2, 0.25) is 15.9 Å². The Labute approximate surface area is 158 Å². The summed E-state index contributed by atoms with van der Waals surface area (Å²) in [5.41, 5.74) is 2.38. The van der Waals surface area contributed by atoms with E-state index in [-0.39, 0.29) is 11.4 Å². The smallest absolute Gasteiger partial charge is 0.271 e. The molecule has 0 heterocycles. The van der Waals surface area contributed by atoms with E-state index in [0.717, 1.165) is 27.8 Å². The number of nitrogens with one attached hydrogen (secondary N) is 1. The highest BCUT2D eigenvalue weighted by Gasteiger charge is 2.30. The van der Waals surface area contributed by atoms with Gasteiger partial charge < -0.3 is 5.32 Å². The maximum absolute atomic E-state index is 12.6. The number of nitro groups is 1. The Bertz CT molecular complexity index is 988. The van der Waals surface area contributed by atoms with Crippen LogP contribution in [0.25, 0.3) is 0 Å². The molecule has 2 rings (SSSR count). The Balaban J connectivity index is 2.36. The molecule has 0 unspecified atom stereocenters. The van der Waals surface area contributed by atoms with Gasteiger partial charge in [0.1, 0.15) is 6.04 Å². The predicted molar refractivity (Wildman–Crippen MR) is 104 cm³/mol. The standard InChI is InChI=1S/C18H21N3O5S/c1-12-8-9-15(10-13(12)2)19-18(22)14(3)20(27(4,25)26)16-6-5-7-17(11-16)21(23)24/h5-11,14H,1-4H3,(H,19,22)/t14-/m0/s1. The summed E-state index contributed by atoms with van der Waals surface area (Å²) in [4.78, 5) is 23.0. The molecule has 2 aromatic carbocycles. The van der Waals surface area contributed by atoms with Gasteiger partial charge >= 0.3 is 0 Å². The molecular weight excluding hydrogens is 370 g/mol. The van der Waals surface area contributed by atoms with E-state index in [1.807, 2.05) is 19.9 Å². The van der Waals surface area contributed by atoms with Crippen LogP contribution in [0, 0.1) is 24.0 Å².